The topological polar surface area (TPSA) is 15.3 Å². The molecule has 0 radical (unpaired) electrons. The standard InChI is InChI=1S/C15H22F2N2/c1-3-4-7-19(2)15-13(16)8-11(9-14(15)17)10-18-12-5-6-12/h8-9,12,18H,3-7,10H2,1-2H3. The second kappa shape index (κ2) is 6.33. The summed E-state index contributed by atoms with van der Waals surface area (Å²) in [4.78, 5) is 1.66. The molecule has 2 rings (SSSR count). The molecule has 0 aliphatic heterocycles. The Morgan fingerprint density at radius 3 is 2.42 bits per heavy atom. The van der Waals surface area contributed by atoms with Crippen molar-refractivity contribution in [1.29, 1.82) is 0 Å². The molecule has 1 N–H and O–H groups in total. The third-order valence-corrected chi connectivity index (χ3v) is 3.48. The Balaban J connectivity index is 2.06. The maximum Gasteiger partial charge on any atom is 0.149 e. The minimum absolute atomic E-state index is 0.0867. The van der Waals surface area contributed by atoms with Crippen LogP contribution >= 0.6 is 0 Å². The number of anilines is 1. The predicted octanol–water partition coefficient (Wildman–Crippen LogP) is 3.45. The molecule has 0 aromatic heterocycles. The number of hydrogen-bond acceptors (Lipinski definition) is 2. The van der Waals surface area contributed by atoms with Crippen LogP contribution in [0.2, 0.25) is 0 Å². The molecule has 106 valence electrons. The molecule has 0 amide bonds. The lowest BCUT2D eigenvalue weighted by Crippen LogP contribution is -2.22. The van der Waals surface area contributed by atoms with Gasteiger partial charge in [-0.3, -0.25) is 0 Å². The molecule has 0 unspecified atom stereocenters. The monoisotopic (exact) mass is 268 g/mol. The zero-order valence-corrected chi connectivity index (χ0v) is 11.7. The van der Waals surface area contributed by atoms with Crippen molar-refractivity contribution in [2.75, 3.05) is 18.5 Å². The summed E-state index contributed by atoms with van der Waals surface area (Å²) >= 11 is 0. The molecule has 1 aromatic rings. The number of halogens is 2. The van der Waals surface area contributed by atoms with E-state index in [2.05, 4.69) is 12.2 Å². The average molecular weight is 268 g/mol. The number of nitrogens with zero attached hydrogens (tertiary/aromatic N) is 1. The smallest absolute Gasteiger partial charge is 0.149 e. The zero-order chi connectivity index (χ0) is 13.8. The van der Waals surface area contributed by atoms with Gasteiger partial charge < -0.3 is 10.2 Å². The fraction of sp³-hybridized carbons (Fsp3) is 0.600. The van der Waals surface area contributed by atoms with E-state index < -0.39 is 11.6 Å². The molecule has 0 atom stereocenters. The van der Waals surface area contributed by atoms with E-state index in [0.717, 1.165) is 12.8 Å². The van der Waals surface area contributed by atoms with E-state index in [1.807, 2.05) is 0 Å². The first-order valence-electron chi connectivity index (χ1n) is 7.04. The molecule has 0 saturated heterocycles. The van der Waals surface area contributed by atoms with Crippen molar-refractivity contribution >= 4 is 5.69 Å². The van der Waals surface area contributed by atoms with Gasteiger partial charge in [-0.15, -0.1) is 0 Å². The lowest BCUT2D eigenvalue weighted by molar-refractivity contribution is 0.567. The van der Waals surface area contributed by atoms with Crippen LogP contribution in [0.3, 0.4) is 0 Å². The number of rotatable bonds is 7. The largest absolute Gasteiger partial charge is 0.370 e. The van der Waals surface area contributed by atoms with Crippen LogP contribution in [-0.4, -0.2) is 19.6 Å². The van der Waals surface area contributed by atoms with Crippen LogP contribution in [0.4, 0.5) is 14.5 Å². The Labute approximate surface area is 113 Å². The quantitative estimate of drug-likeness (QED) is 0.814. The molecule has 0 spiro atoms. The van der Waals surface area contributed by atoms with Crippen molar-refractivity contribution in [3.8, 4) is 0 Å². The first-order valence-corrected chi connectivity index (χ1v) is 7.04. The van der Waals surface area contributed by atoms with Crippen LogP contribution < -0.4 is 10.2 Å². The number of benzene rings is 1. The van der Waals surface area contributed by atoms with Crippen LogP contribution in [0.15, 0.2) is 12.1 Å². The summed E-state index contributed by atoms with van der Waals surface area (Å²) in [7, 11) is 1.74. The summed E-state index contributed by atoms with van der Waals surface area (Å²) in [6, 6.07) is 3.42. The van der Waals surface area contributed by atoms with Crippen LogP contribution in [0.25, 0.3) is 0 Å². The highest BCUT2D eigenvalue weighted by Crippen LogP contribution is 2.25. The maximum atomic E-state index is 14.0. The third-order valence-electron chi connectivity index (χ3n) is 3.48. The highest BCUT2D eigenvalue weighted by Gasteiger charge is 2.21. The third kappa shape index (κ3) is 3.90. The van der Waals surface area contributed by atoms with Crippen molar-refractivity contribution in [1.82, 2.24) is 5.32 Å². The molecule has 1 fully saturated rings. The molecular weight excluding hydrogens is 246 g/mol. The Bertz CT molecular complexity index is 407. The molecule has 1 aliphatic carbocycles. The Morgan fingerprint density at radius 1 is 1.26 bits per heavy atom. The Morgan fingerprint density at radius 2 is 1.89 bits per heavy atom. The maximum absolute atomic E-state index is 14.0. The number of unbranched alkanes of at least 4 members (excludes halogenated alkanes) is 1. The average Bonchev–Trinajstić information content (AvgIpc) is 3.17. The zero-order valence-electron chi connectivity index (χ0n) is 11.7. The fourth-order valence-electron chi connectivity index (χ4n) is 2.14. The van der Waals surface area contributed by atoms with Crippen molar-refractivity contribution in [3.63, 3.8) is 0 Å². The van der Waals surface area contributed by atoms with Crippen LogP contribution in [-0.2, 0) is 6.54 Å². The van der Waals surface area contributed by atoms with Crippen LogP contribution in [0, 0.1) is 11.6 Å². The van der Waals surface area contributed by atoms with Gasteiger partial charge in [-0.1, -0.05) is 13.3 Å². The number of nitrogens with one attached hydrogen (secondary N) is 1. The van der Waals surface area contributed by atoms with Crippen molar-refractivity contribution in [3.05, 3.63) is 29.3 Å². The molecular formula is C15H22F2N2. The summed E-state index contributed by atoms with van der Waals surface area (Å²) in [5.74, 6) is -0.933. The molecule has 1 saturated carbocycles. The van der Waals surface area contributed by atoms with Crippen LogP contribution in [0.1, 0.15) is 38.2 Å². The molecule has 0 heterocycles. The molecule has 1 aliphatic rings. The second-order valence-corrected chi connectivity index (χ2v) is 5.34. The highest BCUT2D eigenvalue weighted by molar-refractivity contribution is 5.50. The van der Waals surface area contributed by atoms with E-state index in [1.165, 1.54) is 25.0 Å². The van der Waals surface area contributed by atoms with Gasteiger partial charge in [-0.05, 0) is 37.0 Å². The molecule has 19 heavy (non-hydrogen) atoms. The van der Waals surface area contributed by atoms with Gasteiger partial charge in [-0.2, -0.15) is 0 Å². The van der Waals surface area contributed by atoms with E-state index in [-0.39, 0.29) is 5.69 Å². The molecule has 4 heteroatoms. The van der Waals surface area contributed by atoms with E-state index in [0.29, 0.717) is 24.7 Å². The van der Waals surface area contributed by atoms with Crippen LogP contribution in [0.5, 0.6) is 0 Å². The van der Waals surface area contributed by atoms with E-state index >= 15 is 0 Å². The molecule has 0 bridgehead atoms. The number of hydrogen-bond donors (Lipinski definition) is 1. The van der Waals surface area contributed by atoms with Gasteiger partial charge in [0.1, 0.15) is 17.3 Å². The van der Waals surface area contributed by atoms with Gasteiger partial charge in [0.15, 0.2) is 0 Å². The van der Waals surface area contributed by atoms with E-state index in [4.69, 9.17) is 0 Å². The Hall–Kier alpha value is -1.16. The van der Waals surface area contributed by atoms with Gasteiger partial charge in [-0.25, -0.2) is 8.78 Å². The van der Waals surface area contributed by atoms with Gasteiger partial charge in [0.05, 0.1) is 0 Å². The van der Waals surface area contributed by atoms with Gasteiger partial charge >= 0.3 is 0 Å². The van der Waals surface area contributed by atoms with Gasteiger partial charge in [0.2, 0.25) is 0 Å². The minimum atomic E-state index is -0.466. The SMILES string of the molecule is CCCCN(C)c1c(F)cc(CNC2CC2)cc1F. The first kappa shape index (κ1) is 14.3. The van der Waals surface area contributed by atoms with E-state index in [1.54, 1.807) is 11.9 Å². The molecule has 2 nitrogen and oxygen atoms in total. The summed E-state index contributed by atoms with van der Waals surface area (Å²) in [5, 5.41) is 3.26. The summed E-state index contributed by atoms with van der Waals surface area (Å²) in [6.45, 7) is 3.27. The minimum Gasteiger partial charge on any atom is -0.370 e. The van der Waals surface area contributed by atoms with E-state index in [9.17, 15) is 8.78 Å². The second-order valence-electron chi connectivity index (χ2n) is 5.34. The van der Waals surface area contributed by atoms with Gasteiger partial charge in [0, 0.05) is 26.2 Å². The summed E-state index contributed by atoms with van der Waals surface area (Å²) in [5.41, 5.74) is 0.762. The van der Waals surface area contributed by atoms with Gasteiger partial charge in [0.25, 0.3) is 0 Å². The summed E-state index contributed by atoms with van der Waals surface area (Å²) in [6.07, 6.45) is 4.28. The van der Waals surface area contributed by atoms with Crippen molar-refractivity contribution < 1.29 is 8.78 Å². The normalized spacial score (nSPS) is 14.7. The fourth-order valence-corrected chi connectivity index (χ4v) is 2.14. The lowest BCUT2D eigenvalue weighted by Gasteiger charge is -2.21. The van der Waals surface area contributed by atoms with Crippen molar-refractivity contribution in [2.24, 2.45) is 0 Å². The highest BCUT2D eigenvalue weighted by atomic mass is 19.1. The lowest BCUT2D eigenvalue weighted by atomic mass is 10.1. The van der Waals surface area contributed by atoms with Crippen molar-refractivity contribution in [2.45, 2.75) is 45.2 Å². The first-order chi connectivity index (χ1) is 9.11. The molecule has 1 aromatic carbocycles. The Kier molecular flexibility index (Phi) is 4.75. The summed E-state index contributed by atoms with van der Waals surface area (Å²) < 4.78 is 28.0. The predicted molar refractivity (Wildman–Crippen MR) is 74.4 cm³/mol.